The van der Waals surface area contributed by atoms with Gasteiger partial charge in [-0.15, -0.1) is 11.8 Å². The fourth-order valence-corrected chi connectivity index (χ4v) is 4.01. The first-order valence-corrected chi connectivity index (χ1v) is 11.5. The minimum atomic E-state index is -0.528. The molecule has 30 heavy (non-hydrogen) atoms. The average Bonchev–Trinajstić information content (AvgIpc) is 2.72. The molecular formula is C24H31NO4S. The van der Waals surface area contributed by atoms with E-state index in [2.05, 4.69) is 30.5 Å². The first-order chi connectivity index (χ1) is 14.2. The number of carbonyl (C=O) groups is 1. The molecule has 2 atom stereocenters. The van der Waals surface area contributed by atoms with Gasteiger partial charge in [-0.2, -0.15) is 0 Å². The summed E-state index contributed by atoms with van der Waals surface area (Å²) in [6.07, 6.45) is 2.38. The van der Waals surface area contributed by atoms with Crippen molar-refractivity contribution in [1.82, 2.24) is 4.90 Å². The molecule has 0 saturated carbocycles. The van der Waals surface area contributed by atoms with Crippen molar-refractivity contribution >= 4 is 17.9 Å². The Labute approximate surface area is 183 Å². The molecule has 0 aliphatic carbocycles. The molecule has 1 saturated heterocycles. The van der Waals surface area contributed by atoms with Crippen molar-refractivity contribution in [3.63, 3.8) is 0 Å². The van der Waals surface area contributed by atoms with Crippen molar-refractivity contribution in [2.24, 2.45) is 0 Å². The van der Waals surface area contributed by atoms with Crippen LogP contribution in [-0.4, -0.2) is 47.1 Å². The average molecular weight is 430 g/mol. The Balaban J connectivity index is 1.73. The molecule has 3 rings (SSSR count). The predicted octanol–water partition coefficient (Wildman–Crippen LogP) is 5.42. The number of benzene rings is 2. The Hall–Kier alpha value is -2.18. The van der Waals surface area contributed by atoms with Gasteiger partial charge in [0.25, 0.3) is 0 Å². The van der Waals surface area contributed by atoms with E-state index in [0.29, 0.717) is 19.7 Å². The maximum absolute atomic E-state index is 12.6. The smallest absolute Gasteiger partial charge is 0.410 e. The number of aromatic hydroxyl groups is 1. The van der Waals surface area contributed by atoms with Crippen molar-refractivity contribution in [2.75, 3.05) is 19.3 Å². The number of hydrogen-bond acceptors (Lipinski definition) is 5. The second-order valence-corrected chi connectivity index (χ2v) is 9.49. The summed E-state index contributed by atoms with van der Waals surface area (Å²) in [6.45, 7) is 7.20. The van der Waals surface area contributed by atoms with Crippen LogP contribution in [0.25, 0.3) is 0 Å². The molecule has 2 aromatic carbocycles. The van der Waals surface area contributed by atoms with Crippen LogP contribution in [0.2, 0.25) is 0 Å². The first kappa shape index (κ1) is 22.5. The fraction of sp³-hybridized carbons (Fsp3) is 0.458. The van der Waals surface area contributed by atoms with E-state index in [1.54, 1.807) is 28.8 Å². The lowest BCUT2D eigenvalue weighted by Gasteiger charge is -2.39. The third kappa shape index (κ3) is 6.16. The molecule has 1 fully saturated rings. The Kier molecular flexibility index (Phi) is 7.32. The van der Waals surface area contributed by atoms with Gasteiger partial charge >= 0.3 is 6.09 Å². The van der Waals surface area contributed by atoms with Gasteiger partial charge in [-0.3, -0.25) is 0 Å². The van der Waals surface area contributed by atoms with Crippen LogP contribution in [0.3, 0.4) is 0 Å². The van der Waals surface area contributed by atoms with E-state index >= 15 is 0 Å². The van der Waals surface area contributed by atoms with Crippen molar-refractivity contribution in [3.8, 4) is 5.75 Å². The summed E-state index contributed by atoms with van der Waals surface area (Å²) in [5.74, 6) is 0.394. The summed E-state index contributed by atoms with van der Waals surface area (Å²) in [5, 5.41) is 9.64. The third-order valence-corrected chi connectivity index (χ3v) is 5.90. The van der Waals surface area contributed by atoms with Gasteiger partial charge in [0.05, 0.1) is 19.3 Å². The maximum atomic E-state index is 12.6. The number of hydrogen-bond donors (Lipinski definition) is 1. The van der Waals surface area contributed by atoms with Crippen LogP contribution < -0.4 is 0 Å². The fourth-order valence-electron chi connectivity index (χ4n) is 3.61. The van der Waals surface area contributed by atoms with Crippen LogP contribution in [0.5, 0.6) is 5.75 Å². The standard InChI is InChI=1S/C24H31NO4S/c1-24(2,3)29-23(27)25-14-13-21(18-7-9-19(26)10-8-18)22(15-25)28-16-17-5-11-20(30-4)12-6-17/h5-12,21-22,26H,13-16H2,1-4H3. The Bertz CT molecular complexity index is 830. The number of rotatable bonds is 5. The molecule has 1 aliphatic heterocycles. The molecule has 1 aliphatic rings. The van der Waals surface area contributed by atoms with Gasteiger partial charge in [0, 0.05) is 17.4 Å². The number of piperidine rings is 1. The van der Waals surface area contributed by atoms with Crippen molar-refractivity contribution in [3.05, 3.63) is 59.7 Å². The van der Waals surface area contributed by atoms with E-state index in [4.69, 9.17) is 9.47 Å². The molecule has 1 heterocycles. The lowest BCUT2D eigenvalue weighted by Crippen LogP contribution is -2.48. The van der Waals surface area contributed by atoms with Crippen molar-refractivity contribution < 1.29 is 19.4 Å². The summed E-state index contributed by atoms with van der Waals surface area (Å²) in [5.41, 5.74) is 1.69. The molecule has 2 aromatic rings. The van der Waals surface area contributed by atoms with E-state index in [-0.39, 0.29) is 23.9 Å². The van der Waals surface area contributed by atoms with Gasteiger partial charge in [0.1, 0.15) is 11.4 Å². The molecule has 162 valence electrons. The molecule has 0 bridgehead atoms. The van der Waals surface area contributed by atoms with Crippen LogP contribution in [0.1, 0.15) is 44.2 Å². The zero-order valence-corrected chi connectivity index (χ0v) is 18.9. The minimum Gasteiger partial charge on any atom is -0.508 e. The SMILES string of the molecule is CSc1ccc(COC2CN(C(=O)OC(C)(C)C)CCC2c2ccc(O)cc2)cc1. The molecule has 2 unspecified atom stereocenters. The molecule has 1 N–H and O–H groups in total. The quantitative estimate of drug-likeness (QED) is 0.643. The van der Waals surface area contributed by atoms with Gasteiger partial charge in [0.15, 0.2) is 0 Å². The predicted molar refractivity (Wildman–Crippen MR) is 120 cm³/mol. The second kappa shape index (κ2) is 9.75. The number of thioether (sulfide) groups is 1. The number of ether oxygens (including phenoxy) is 2. The number of carbonyl (C=O) groups excluding carboxylic acids is 1. The molecular weight excluding hydrogens is 398 g/mol. The van der Waals surface area contributed by atoms with Crippen molar-refractivity contribution in [1.29, 1.82) is 0 Å². The number of phenolic OH excluding ortho intramolecular Hbond substituents is 1. The van der Waals surface area contributed by atoms with Gasteiger partial charge in [-0.05, 0) is 68.8 Å². The number of phenols is 1. The largest absolute Gasteiger partial charge is 0.508 e. The van der Waals surface area contributed by atoms with E-state index in [1.165, 1.54) is 4.90 Å². The topological polar surface area (TPSA) is 59.0 Å². The normalized spacial score (nSPS) is 19.5. The number of nitrogens with zero attached hydrogens (tertiary/aromatic N) is 1. The van der Waals surface area contributed by atoms with Crippen LogP contribution >= 0.6 is 11.8 Å². The summed E-state index contributed by atoms with van der Waals surface area (Å²) in [7, 11) is 0. The van der Waals surface area contributed by atoms with E-state index in [1.807, 2.05) is 32.9 Å². The second-order valence-electron chi connectivity index (χ2n) is 8.61. The van der Waals surface area contributed by atoms with E-state index < -0.39 is 5.60 Å². The van der Waals surface area contributed by atoms with Crippen LogP contribution in [0, 0.1) is 0 Å². The third-order valence-electron chi connectivity index (χ3n) is 5.16. The van der Waals surface area contributed by atoms with Gasteiger partial charge in [-0.25, -0.2) is 4.79 Å². The van der Waals surface area contributed by atoms with Crippen LogP contribution in [0.15, 0.2) is 53.4 Å². The molecule has 5 nitrogen and oxygen atoms in total. The van der Waals surface area contributed by atoms with Crippen molar-refractivity contribution in [2.45, 2.75) is 56.3 Å². The molecule has 6 heteroatoms. The van der Waals surface area contributed by atoms with E-state index in [9.17, 15) is 9.90 Å². The van der Waals surface area contributed by atoms with Gasteiger partial charge < -0.3 is 19.5 Å². The summed E-state index contributed by atoms with van der Waals surface area (Å²) >= 11 is 1.71. The van der Waals surface area contributed by atoms with Crippen LogP contribution in [0.4, 0.5) is 4.79 Å². The lowest BCUT2D eigenvalue weighted by atomic mass is 9.87. The number of likely N-dealkylation sites (tertiary alicyclic amines) is 1. The summed E-state index contributed by atoms with van der Waals surface area (Å²) < 4.78 is 11.9. The van der Waals surface area contributed by atoms with Gasteiger partial charge in [-0.1, -0.05) is 24.3 Å². The van der Waals surface area contributed by atoms with Crippen LogP contribution in [-0.2, 0) is 16.1 Å². The van der Waals surface area contributed by atoms with Gasteiger partial charge in [0.2, 0.25) is 0 Å². The molecule has 0 radical (unpaired) electrons. The molecule has 0 spiro atoms. The monoisotopic (exact) mass is 429 g/mol. The zero-order chi connectivity index (χ0) is 21.7. The Morgan fingerprint density at radius 2 is 1.80 bits per heavy atom. The highest BCUT2D eigenvalue weighted by atomic mass is 32.2. The maximum Gasteiger partial charge on any atom is 0.410 e. The zero-order valence-electron chi connectivity index (χ0n) is 18.1. The van der Waals surface area contributed by atoms with E-state index in [0.717, 1.165) is 17.5 Å². The lowest BCUT2D eigenvalue weighted by molar-refractivity contribution is -0.0359. The summed E-state index contributed by atoms with van der Waals surface area (Å²) in [6, 6.07) is 15.6. The Morgan fingerprint density at radius 1 is 1.13 bits per heavy atom. The minimum absolute atomic E-state index is 0.148. The Morgan fingerprint density at radius 3 is 2.40 bits per heavy atom. The molecule has 0 aromatic heterocycles. The first-order valence-electron chi connectivity index (χ1n) is 10.3. The highest BCUT2D eigenvalue weighted by molar-refractivity contribution is 7.98. The molecule has 1 amide bonds. The summed E-state index contributed by atoms with van der Waals surface area (Å²) in [4.78, 5) is 15.6. The highest BCUT2D eigenvalue weighted by Crippen LogP contribution is 2.32. The highest BCUT2D eigenvalue weighted by Gasteiger charge is 2.35. The number of amides is 1.